The van der Waals surface area contributed by atoms with E-state index in [4.69, 9.17) is 4.74 Å². The number of amides is 1. The van der Waals surface area contributed by atoms with Gasteiger partial charge in [-0.3, -0.25) is 4.79 Å². The molecule has 3 heterocycles. The minimum atomic E-state index is 0.0652. The Morgan fingerprint density at radius 1 is 0.971 bits per heavy atom. The Morgan fingerprint density at radius 3 is 2.41 bits per heavy atom. The summed E-state index contributed by atoms with van der Waals surface area (Å²) in [7, 11) is 1.65. The van der Waals surface area contributed by atoms with Crippen LogP contribution < -0.4 is 9.64 Å². The molecule has 0 radical (unpaired) electrons. The first kappa shape index (κ1) is 21.6. The Hall–Kier alpha value is -4.20. The summed E-state index contributed by atoms with van der Waals surface area (Å²) in [6.07, 6.45) is 7.07. The second-order valence-corrected chi connectivity index (χ2v) is 8.20. The van der Waals surface area contributed by atoms with E-state index >= 15 is 0 Å². The van der Waals surface area contributed by atoms with Crippen molar-refractivity contribution in [3.8, 4) is 17.0 Å². The van der Waals surface area contributed by atoms with Crippen LogP contribution in [0.1, 0.15) is 15.9 Å². The first-order valence-corrected chi connectivity index (χ1v) is 11.2. The van der Waals surface area contributed by atoms with Crippen LogP contribution in [0.4, 0.5) is 5.82 Å². The zero-order valence-corrected chi connectivity index (χ0v) is 19.0. The van der Waals surface area contributed by atoms with Crippen molar-refractivity contribution in [1.82, 2.24) is 24.4 Å². The van der Waals surface area contributed by atoms with E-state index in [0.29, 0.717) is 18.7 Å². The van der Waals surface area contributed by atoms with Crippen LogP contribution in [-0.2, 0) is 6.54 Å². The zero-order chi connectivity index (χ0) is 23.3. The van der Waals surface area contributed by atoms with Gasteiger partial charge in [-0.15, -0.1) is 0 Å². The first-order chi connectivity index (χ1) is 16.7. The van der Waals surface area contributed by atoms with Crippen LogP contribution in [-0.4, -0.2) is 63.6 Å². The fourth-order valence-electron chi connectivity index (χ4n) is 4.10. The SMILES string of the molecule is COc1ccc(-c2cc(N3CCN(C(=O)c4ccc(Cn5ccnc5)cc4)CC3)ncn2)cc1. The normalized spacial score (nSPS) is 13.7. The van der Waals surface area contributed by atoms with Crippen LogP contribution in [0.15, 0.2) is 79.6 Å². The minimum absolute atomic E-state index is 0.0652. The molecular formula is C26H26N6O2. The van der Waals surface area contributed by atoms with Crippen molar-refractivity contribution in [2.24, 2.45) is 0 Å². The average molecular weight is 455 g/mol. The Labute approximate surface area is 198 Å². The molecule has 1 fully saturated rings. The molecule has 8 heteroatoms. The lowest BCUT2D eigenvalue weighted by atomic mass is 10.1. The number of nitrogens with zero attached hydrogens (tertiary/aromatic N) is 6. The molecular weight excluding hydrogens is 428 g/mol. The maximum absolute atomic E-state index is 13.0. The quantitative estimate of drug-likeness (QED) is 0.445. The van der Waals surface area contributed by atoms with Gasteiger partial charge in [0.1, 0.15) is 17.9 Å². The number of aromatic nitrogens is 4. The molecule has 2 aromatic heterocycles. The smallest absolute Gasteiger partial charge is 0.253 e. The van der Waals surface area contributed by atoms with Crippen molar-refractivity contribution in [3.05, 3.63) is 90.8 Å². The number of imidazole rings is 1. The molecule has 0 bridgehead atoms. The van der Waals surface area contributed by atoms with E-state index in [1.807, 2.05) is 70.3 Å². The predicted molar refractivity (Wildman–Crippen MR) is 130 cm³/mol. The summed E-state index contributed by atoms with van der Waals surface area (Å²) in [6.45, 7) is 3.49. The molecule has 0 saturated carbocycles. The van der Waals surface area contributed by atoms with E-state index in [0.717, 1.165) is 48.0 Å². The van der Waals surface area contributed by atoms with Crippen LogP contribution in [0.3, 0.4) is 0 Å². The first-order valence-electron chi connectivity index (χ1n) is 11.2. The number of carbonyl (C=O) groups excluding carboxylic acids is 1. The molecule has 1 aliphatic rings. The molecule has 1 aliphatic heterocycles. The molecule has 1 saturated heterocycles. The molecule has 0 N–H and O–H groups in total. The van der Waals surface area contributed by atoms with E-state index in [-0.39, 0.29) is 5.91 Å². The van der Waals surface area contributed by atoms with Gasteiger partial charge in [0.15, 0.2) is 0 Å². The van der Waals surface area contributed by atoms with Gasteiger partial charge in [-0.05, 0) is 42.0 Å². The number of hydrogen-bond donors (Lipinski definition) is 0. The summed E-state index contributed by atoms with van der Waals surface area (Å²) < 4.78 is 7.24. The van der Waals surface area contributed by atoms with Crippen molar-refractivity contribution in [1.29, 1.82) is 0 Å². The summed E-state index contributed by atoms with van der Waals surface area (Å²) in [6, 6.07) is 17.6. The van der Waals surface area contributed by atoms with Gasteiger partial charge in [-0.25, -0.2) is 15.0 Å². The Morgan fingerprint density at radius 2 is 1.74 bits per heavy atom. The lowest BCUT2D eigenvalue weighted by molar-refractivity contribution is 0.0746. The molecule has 172 valence electrons. The van der Waals surface area contributed by atoms with Crippen molar-refractivity contribution >= 4 is 11.7 Å². The summed E-state index contributed by atoms with van der Waals surface area (Å²) in [5.74, 6) is 1.75. The van der Waals surface area contributed by atoms with E-state index < -0.39 is 0 Å². The van der Waals surface area contributed by atoms with Gasteiger partial charge in [0.05, 0.1) is 19.1 Å². The third-order valence-electron chi connectivity index (χ3n) is 6.05. The van der Waals surface area contributed by atoms with Gasteiger partial charge in [-0.2, -0.15) is 0 Å². The average Bonchev–Trinajstić information content (AvgIpc) is 3.42. The number of rotatable bonds is 6. The highest BCUT2D eigenvalue weighted by Crippen LogP contribution is 2.24. The van der Waals surface area contributed by atoms with Gasteiger partial charge in [-0.1, -0.05) is 12.1 Å². The number of piperazine rings is 1. The Kier molecular flexibility index (Phi) is 6.20. The molecule has 8 nitrogen and oxygen atoms in total. The number of methoxy groups -OCH3 is 1. The number of benzene rings is 2. The summed E-state index contributed by atoms with van der Waals surface area (Å²) in [5, 5.41) is 0. The topological polar surface area (TPSA) is 76.4 Å². The second kappa shape index (κ2) is 9.74. The van der Waals surface area contributed by atoms with E-state index in [9.17, 15) is 4.79 Å². The zero-order valence-electron chi connectivity index (χ0n) is 19.0. The fourth-order valence-corrected chi connectivity index (χ4v) is 4.10. The van der Waals surface area contributed by atoms with Crippen LogP contribution >= 0.6 is 0 Å². The minimum Gasteiger partial charge on any atom is -0.497 e. The lowest BCUT2D eigenvalue weighted by Crippen LogP contribution is -2.49. The van der Waals surface area contributed by atoms with Gasteiger partial charge < -0.3 is 19.1 Å². The third kappa shape index (κ3) is 4.76. The molecule has 4 aromatic rings. The van der Waals surface area contributed by atoms with Crippen LogP contribution in [0.5, 0.6) is 5.75 Å². The molecule has 0 aliphatic carbocycles. The highest BCUT2D eigenvalue weighted by Gasteiger charge is 2.23. The van der Waals surface area contributed by atoms with Crippen molar-refractivity contribution in [3.63, 3.8) is 0 Å². The Bertz CT molecular complexity index is 1230. The van der Waals surface area contributed by atoms with Gasteiger partial charge in [0.2, 0.25) is 0 Å². The molecule has 1 amide bonds. The van der Waals surface area contributed by atoms with Gasteiger partial charge >= 0.3 is 0 Å². The highest BCUT2D eigenvalue weighted by atomic mass is 16.5. The van der Waals surface area contributed by atoms with Gasteiger partial charge in [0.25, 0.3) is 5.91 Å². The van der Waals surface area contributed by atoms with Crippen LogP contribution in [0, 0.1) is 0 Å². The molecule has 5 rings (SSSR count). The molecule has 0 unspecified atom stereocenters. The van der Waals surface area contributed by atoms with Crippen LogP contribution in [0.2, 0.25) is 0 Å². The maximum atomic E-state index is 13.0. The standard InChI is InChI=1S/C26H26N6O2/c1-34-23-8-6-21(7-9-23)24-16-25(29-18-28-24)31-12-14-32(15-13-31)26(33)22-4-2-20(3-5-22)17-30-11-10-27-19-30/h2-11,16,18-19H,12-15,17H2,1H3. The number of hydrogen-bond acceptors (Lipinski definition) is 6. The molecule has 0 atom stereocenters. The highest BCUT2D eigenvalue weighted by molar-refractivity contribution is 5.94. The van der Waals surface area contributed by atoms with Crippen molar-refractivity contribution in [2.45, 2.75) is 6.54 Å². The third-order valence-corrected chi connectivity index (χ3v) is 6.05. The second-order valence-electron chi connectivity index (χ2n) is 8.20. The van der Waals surface area contributed by atoms with E-state index in [1.165, 1.54) is 0 Å². The number of ether oxygens (including phenoxy) is 1. The lowest BCUT2D eigenvalue weighted by Gasteiger charge is -2.35. The van der Waals surface area contributed by atoms with Gasteiger partial charge in [0, 0.05) is 62.3 Å². The van der Waals surface area contributed by atoms with Crippen molar-refractivity contribution in [2.75, 3.05) is 38.2 Å². The van der Waals surface area contributed by atoms with E-state index in [1.54, 1.807) is 26.0 Å². The largest absolute Gasteiger partial charge is 0.497 e. The van der Waals surface area contributed by atoms with E-state index in [2.05, 4.69) is 19.9 Å². The summed E-state index contributed by atoms with van der Waals surface area (Å²) in [5.41, 5.74) is 3.72. The fraction of sp³-hybridized carbons (Fsp3) is 0.231. The monoisotopic (exact) mass is 454 g/mol. The molecule has 2 aromatic carbocycles. The summed E-state index contributed by atoms with van der Waals surface area (Å²) in [4.78, 5) is 30.1. The summed E-state index contributed by atoms with van der Waals surface area (Å²) >= 11 is 0. The molecule has 0 spiro atoms. The van der Waals surface area contributed by atoms with Crippen molar-refractivity contribution < 1.29 is 9.53 Å². The number of anilines is 1. The van der Waals surface area contributed by atoms with Crippen LogP contribution in [0.25, 0.3) is 11.3 Å². The maximum Gasteiger partial charge on any atom is 0.253 e. The molecule has 34 heavy (non-hydrogen) atoms. The number of carbonyl (C=O) groups is 1. The Balaban J connectivity index is 1.20. The predicted octanol–water partition coefficient (Wildman–Crippen LogP) is 3.36.